The van der Waals surface area contributed by atoms with Crippen molar-refractivity contribution in [3.63, 3.8) is 0 Å². The molecule has 1 fully saturated rings. The van der Waals surface area contributed by atoms with Crippen LogP contribution in [0.5, 0.6) is 0 Å². The number of sulfonamides is 1. The Morgan fingerprint density at radius 1 is 1.62 bits per heavy atom. The van der Waals surface area contributed by atoms with Crippen LogP contribution >= 0.6 is 11.6 Å². The van der Waals surface area contributed by atoms with Crippen LogP contribution in [0, 0.1) is 5.41 Å². The smallest absolute Gasteiger partial charge is 0.257 e. The van der Waals surface area contributed by atoms with Crippen LogP contribution in [0.25, 0.3) is 0 Å². The van der Waals surface area contributed by atoms with Crippen molar-refractivity contribution in [2.24, 2.45) is 5.41 Å². The first-order valence-electron chi connectivity index (χ1n) is 5.00. The second kappa shape index (κ2) is 3.72. The van der Waals surface area contributed by atoms with Crippen LogP contribution in [0.2, 0.25) is 0 Å². The largest absolute Gasteiger partial charge is 0.266 e. The number of nitrogens with zero attached hydrogens (tertiary/aromatic N) is 1. The van der Waals surface area contributed by atoms with E-state index in [1.54, 1.807) is 0 Å². The lowest BCUT2D eigenvalue weighted by Crippen LogP contribution is -2.59. The molecule has 5 nitrogen and oxygen atoms in total. The van der Waals surface area contributed by atoms with Crippen LogP contribution < -0.4 is 4.72 Å². The minimum atomic E-state index is -3.50. The molecule has 1 heterocycles. The third-order valence-electron chi connectivity index (χ3n) is 3.21. The van der Waals surface area contributed by atoms with E-state index in [2.05, 4.69) is 14.9 Å². The van der Waals surface area contributed by atoms with Crippen molar-refractivity contribution in [3.8, 4) is 0 Å². The van der Waals surface area contributed by atoms with Crippen molar-refractivity contribution in [1.29, 1.82) is 0 Å². The lowest BCUT2D eigenvalue weighted by molar-refractivity contribution is 0.137. The summed E-state index contributed by atoms with van der Waals surface area (Å²) in [5.41, 5.74) is -0.214. The average Bonchev–Trinajstić information content (AvgIpc) is 2.70. The van der Waals surface area contributed by atoms with Crippen LogP contribution in [-0.4, -0.2) is 30.0 Å². The van der Waals surface area contributed by atoms with Gasteiger partial charge in [-0.25, -0.2) is 13.1 Å². The Morgan fingerprint density at radius 2 is 2.31 bits per heavy atom. The second-order valence-corrected chi connectivity index (χ2v) is 6.83. The molecule has 0 radical (unpaired) electrons. The lowest BCUT2D eigenvalue weighted by Gasteiger charge is -2.48. The molecule has 16 heavy (non-hydrogen) atoms. The van der Waals surface area contributed by atoms with Gasteiger partial charge in [-0.15, -0.1) is 11.6 Å². The van der Waals surface area contributed by atoms with Gasteiger partial charge in [0.05, 0.1) is 6.20 Å². The predicted molar refractivity (Wildman–Crippen MR) is 60.7 cm³/mol. The van der Waals surface area contributed by atoms with Crippen molar-refractivity contribution < 1.29 is 8.42 Å². The zero-order chi connectivity index (χ0) is 12.0. The van der Waals surface area contributed by atoms with Gasteiger partial charge in [0.1, 0.15) is 0 Å². The third-order valence-corrected chi connectivity index (χ3v) is 5.35. The van der Waals surface area contributed by atoms with Crippen molar-refractivity contribution in [2.75, 3.05) is 0 Å². The Kier molecular flexibility index (Phi) is 2.76. The van der Waals surface area contributed by atoms with E-state index in [0.29, 0.717) is 6.42 Å². The summed E-state index contributed by atoms with van der Waals surface area (Å²) in [5, 5.41) is 6.16. The molecule has 1 aliphatic carbocycles. The molecule has 2 rings (SSSR count). The zero-order valence-electron chi connectivity index (χ0n) is 9.07. The molecule has 1 aliphatic rings. The summed E-state index contributed by atoms with van der Waals surface area (Å²) >= 11 is 6.03. The van der Waals surface area contributed by atoms with Gasteiger partial charge in [0, 0.05) is 11.4 Å². The van der Waals surface area contributed by atoms with Crippen LogP contribution in [0.3, 0.4) is 0 Å². The van der Waals surface area contributed by atoms with E-state index in [-0.39, 0.29) is 21.9 Å². The first-order valence-corrected chi connectivity index (χ1v) is 6.92. The molecular weight excluding hydrogens is 250 g/mol. The van der Waals surface area contributed by atoms with Crippen molar-refractivity contribution in [1.82, 2.24) is 14.9 Å². The molecule has 0 amide bonds. The summed E-state index contributed by atoms with van der Waals surface area (Å²) in [5.74, 6) is 0. The normalized spacial score (nSPS) is 28.7. The number of aromatic nitrogens is 2. The Balaban J connectivity index is 2.12. The number of halogens is 1. The summed E-state index contributed by atoms with van der Waals surface area (Å²) in [6.45, 7) is 3.91. The van der Waals surface area contributed by atoms with Gasteiger partial charge < -0.3 is 0 Å². The highest BCUT2D eigenvalue weighted by atomic mass is 35.5. The van der Waals surface area contributed by atoms with Gasteiger partial charge in [0.15, 0.2) is 5.03 Å². The Labute approximate surface area is 99.6 Å². The quantitative estimate of drug-likeness (QED) is 0.802. The van der Waals surface area contributed by atoms with E-state index in [1.807, 2.05) is 13.8 Å². The minimum Gasteiger partial charge on any atom is -0.266 e. The fourth-order valence-corrected chi connectivity index (χ4v) is 3.36. The highest BCUT2D eigenvalue weighted by Crippen LogP contribution is 2.44. The molecular formula is C9H14ClN3O2S. The van der Waals surface area contributed by atoms with Gasteiger partial charge in [0.25, 0.3) is 10.0 Å². The van der Waals surface area contributed by atoms with E-state index in [4.69, 9.17) is 11.6 Å². The Hall–Kier alpha value is -0.590. The molecule has 1 aromatic rings. The zero-order valence-corrected chi connectivity index (χ0v) is 10.6. The van der Waals surface area contributed by atoms with E-state index >= 15 is 0 Å². The highest BCUT2D eigenvalue weighted by molar-refractivity contribution is 7.89. The number of hydrogen-bond acceptors (Lipinski definition) is 3. The number of alkyl halides is 1. The number of hydrogen-bond donors (Lipinski definition) is 2. The van der Waals surface area contributed by atoms with Crippen LogP contribution in [0.4, 0.5) is 0 Å². The van der Waals surface area contributed by atoms with Gasteiger partial charge in [-0.3, -0.25) is 5.10 Å². The maximum absolute atomic E-state index is 11.9. The maximum atomic E-state index is 11.9. The first kappa shape index (κ1) is 11.9. The second-order valence-electron chi connectivity index (χ2n) is 4.62. The summed E-state index contributed by atoms with van der Waals surface area (Å²) in [6, 6.07) is 1.30. The molecule has 0 saturated heterocycles. The number of aromatic amines is 1. The van der Waals surface area contributed by atoms with Gasteiger partial charge in [-0.1, -0.05) is 13.8 Å². The van der Waals surface area contributed by atoms with Crippen LogP contribution in [-0.2, 0) is 10.0 Å². The third kappa shape index (κ3) is 1.85. The summed E-state index contributed by atoms with van der Waals surface area (Å²) in [7, 11) is -3.50. The monoisotopic (exact) mass is 263 g/mol. The first-order chi connectivity index (χ1) is 7.34. The molecule has 1 aromatic heterocycles. The van der Waals surface area contributed by atoms with E-state index in [1.165, 1.54) is 12.3 Å². The van der Waals surface area contributed by atoms with Gasteiger partial charge in [0.2, 0.25) is 0 Å². The van der Waals surface area contributed by atoms with E-state index in [9.17, 15) is 8.42 Å². The predicted octanol–water partition coefficient (Wildman–Crippen LogP) is 1.09. The average molecular weight is 264 g/mol. The highest BCUT2D eigenvalue weighted by Gasteiger charge is 2.48. The van der Waals surface area contributed by atoms with Gasteiger partial charge >= 0.3 is 0 Å². The van der Waals surface area contributed by atoms with Gasteiger partial charge in [-0.05, 0) is 17.9 Å². The molecule has 2 unspecified atom stereocenters. The van der Waals surface area contributed by atoms with Gasteiger partial charge in [-0.2, -0.15) is 5.10 Å². The summed E-state index contributed by atoms with van der Waals surface area (Å²) in [4.78, 5) is 0. The summed E-state index contributed by atoms with van der Waals surface area (Å²) < 4.78 is 26.4. The van der Waals surface area contributed by atoms with Crippen LogP contribution in [0.1, 0.15) is 20.3 Å². The topological polar surface area (TPSA) is 74.8 Å². The molecule has 0 bridgehead atoms. The molecule has 90 valence electrons. The molecule has 2 atom stereocenters. The Morgan fingerprint density at radius 3 is 2.75 bits per heavy atom. The lowest BCUT2D eigenvalue weighted by atomic mass is 9.67. The number of H-pyrrole nitrogens is 1. The van der Waals surface area contributed by atoms with E-state index in [0.717, 1.165) is 0 Å². The Bertz CT molecular complexity index is 469. The molecule has 0 aliphatic heterocycles. The van der Waals surface area contributed by atoms with Crippen molar-refractivity contribution >= 4 is 21.6 Å². The SMILES string of the molecule is CC1(C)C(Cl)CC1NS(=O)(=O)c1ccn[nH]1. The minimum absolute atomic E-state index is 0.0157. The fraction of sp³-hybridized carbons (Fsp3) is 0.667. The molecule has 0 aromatic carbocycles. The number of nitrogens with one attached hydrogen (secondary N) is 2. The maximum Gasteiger partial charge on any atom is 0.257 e. The standard InChI is InChI=1S/C9H14ClN3O2S/c1-9(2)6(10)5-7(9)13-16(14,15)8-3-4-11-12-8/h3-4,6-7,13H,5H2,1-2H3,(H,11,12). The fourth-order valence-electron chi connectivity index (χ4n) is 1.72. The van der Waals surface area contributed by atoms with Crippen molar-refractivity contribution in [3.05, 3.63) is 12.3 Å². The molecule has 2 N–H and O–H groups in total. The molecule has 1 saturated carbocycles. The van der Waals surface area contributed by atoms with E-state index < -0.39 is 10.0 Å². The summed E-state index contributed by atoms with van der Waals surface area (Å²) in [6.07, 6.45) is 2.06. The molecule has 7 heteroatoms. The van der Waals surface area contributed by atoms with Crippen molar-refractivity contribution in [2.45, 2.75) is 36.7 Å². The molecule has 0 spiro atoms. The van der Waals surface area contributed by atoms with Crippen LogP contribution in [0.15, 0.2) is 17.3 Å². The number of rotatable bonds is 3.